The standard InChI is InChI=1S/C24H23FN4O5/c1-4-33-24(30)22-27-21(26-12-11-14-5-10-17(31-2)18(13-14)32-3)19-20(29-34-23(19)28-22)15-6-8-16(25)9-7-15/h5-10,13H,4,11-12H2,1-3H3,(H,26,27,28). The van der Waals surface area contributed by atoms with E-state index in [0.29, 0.717) is 46.9 Å². The van der Waals surface area contributed by atoms with Gasteiger partial charge >= 0.3 is 5.97 Å². The third-order valence-corrected chi connectivity index (χ3v) is 5.07. The fourth-order valence-electron chi connectivity index (χ4n) is 3.44. The highest BCUT2D eigenvalue weighted by molar-refractivity contribution is 5.99. The Morgan fingerprint density at radius 2 is 1.82 bits per heavy atom. The van der Waals surface area contributed by atoms with Gasteiger partial charge in [-0.05, 0) is 55.3 Å². The summed E-state index contributed by atoms with van der Waals surface area (Å²) in [5.74, 6) is 0.437. The maximum atomic E-state index is 13.4. The minimum absolute atomic E-state index is 0.117. The minimum atomic E-state index is -0.674. The number of esters is 1. The Labute approximate surface area is 194 Å². The topological polar surface area (TPSA) is 109 Å². The molecule has 1 N–H and O–H groups in total. The lowest BCUT2D eigenvalue weighted by molar-refractivity contribution is 0.0512. The van der Waals surface area contributed by atoms with Crippen LogP contribution in [0.1, 0.15) is 23.1 Å². The molecule has 0 amide bonds. The highest BCUT2D eigenvalue weighted by atomic mass is 19.1. The van der Waals surface area contributed by atoms with E-state index >= 15 is 0 Å². The van der Waals surface area contributed by atoms with Crippen LogP contribution < -0.4 is 14.8 Å². The summed E-state index contributed by atoms with van der Waals surface area (Å²) < 4.78 is 34.5. The maximum absolute atomic E-state index is 13.4. The average Bonchev–Trinajstić information content (AvgIpc) is 3.28. The van der Waals surface area contributed by atoms with Gasteiger partial charge in [-0.25, -0.2) is 14.2 Å². The SMILES string of the molecule is CCOC(=O)c1nc(NCCc2ccc(OC)c(OC)c2)c2c(-c3ccc(F)cc3)noc2n1. The molecule has 0 atom stereocenters. The van der Waals surface area contributed by atoms with E-state index in [4.69, 9.17) is 18.7 Å². The molecule has 9 nitrogen and oxygen atoms in total. The van der Waals surface area contributed by atoms with Gasteiger partial charge in [0.1, 0.15) is 22.7 Å². The largest absolute Gasteiger partial charge is 0.493 e. The molecule has 4 rings (SSSR count). The number of benzene rings is 2. The van der Waals surface area contributed by atoms with Crippen LogP contribution in [-0.4, -0.2) is 48.5 Å². The molecule has 0 bridgehead atoms. The van der Waals surface area contributed by atoms with Gasteiger partial charge in [0.05, 0.1) is 20.8 Å². The van der Waals surface area contributed by atoms with Gasteiger partial charge < -0.3 is 24.1 Å². The lowest BCUT2D eigenvalue weighted by Crippen LogP contribution is -2.13. The molecular formula is C24H23FN4O5. The molecule has 0 saturated heterocycles. The van der Waals surface area contributed by atoms with E-state index in [9.17, 15) is 9.18 Å². The van der Waals surface area contributed by atoms with Crippen LogP contribution in [-0.2, 0) is 11.2 Å². The zero-order valence-electron chi connectivity index (χ0n) is 18.9. The zero-order chi connectivity index (χ0) is 24.1. The first-order valence-electron chi connectivity index (χ1n) is 10.6. The first-order chi connectivity index (χ1) is 16.5. The normalized spacial score (nSPS) is 10.8. The zero-order valence-corrected chi connectivity index (χ0v) is 18.9. The number of rotatable bonds is 9. The van der Waals surface area contributed by atoms with Gasteiger partial charge in [-0.15, -0.1) is 0 Å². The second-order valence-corrected chi connectivity index (χ2v) is 7.20. The smallest absolute Gasteiger partial charge is 0.376 e. The second-order valence-electron chi connectivity index (χ2n) is 7.20. The summed E-state index contributed by atoms with van der Waals surface area (Å²) in [6.07, 6.45) is 0.623. The first-order valence-corrected chi connectivity index (χ1v) is 10.6. The van der Waals surface area contributed by atoms with E-state index < -0.39 is 5.97 Å². The lowest BCUT2D eigenvalue weighted by atomic mass is 10.1. The van der Waals surface area contributed by atoms with Crippen molar-refractivity contribution in [2.45, 2.75) is 13.3 Å². The number of fused-ring (bicyclic) bond motifs is 1. The molecule has 0 aliphatic rings. The van der Waals surface area contributed by atoms with Gasteiger partial charge in [-0.3, -0.25) is 0 Å². The van der Waals surface area contributed by atoms with Crippen LogP contribution in [0.2, 0.25) is 0 Å². The van der Waals surface area contributed by atoms with Crippen molar-refractivity contribution in [1.29, 1.82) is 0 Å². The number of methoxy groups -OCH3 is 2. The number of aromatic nitrogens is 3. The van der Waals surface area contributed by atoms with Crippen molar-refractivity contribution in [3.05, 3.63) is 59.7 Å². The summed E-state index contributed by atoms with van der Waals surface area (Å²) in [6, 6.07) is 11.5. The molecule has 4 aromatic rings. The van der Waals surface area contributed by atoms with Crippen LogP contribution in [0.5, 0.6) is 11.5 Å². The van der Waals surface area contributed by atoms with Crippen molar-refractivity contribution in [3.63, 3.8) is 0 Å². The number of hydrogen-bond acceptors (Lipinski definition) is 9. The van der Waals surface area contributed by atoms with E-state index in [2.05, 4.69) is 20.4 Å². The fraction of sp³-hybridized carbons (Fsp3) is 0.250. The first kappa shape index (κ1) is 23.0. The van der Waals surface area contributed by atoms with Gasteiger partial charge in [-0.2, -0.15) is 4.98 Å². The number of carbonyl (C=O) groups excluding carboxylic acids is 1. The van der Waals surface area contributed by atoms with Gasteiger partial charge in [0.2, 0.25) is 5.82 Å². The maximum Gasteiger partial charge on any atom is 0.376 e. The Hall–Kier alpha value is -4.21. The Bertz CT molecular complexity index is 1310. The third-order valence-electron chi connectivity index (χ3n) is 5.07. The van der Waals surface area contributed by atoms with Crippen LogP contribution in [0, 0.1) is 5.82 Å². The monoisotopic (exact) mass is 466 g/mol. The summed E-state index contributed by atoms with van der Waals surface area (Å²) >= 11 is 0. The average molecular weight is 466 g/mol. The van der Waals surface area contributed by atoms with E-state index in [0.717, 1.165) is 5.56 Å². The molecule has 34 heavy (non-hydrogen) atoms. The molecule has 176 valence electrons. The van der Waals surface area contributed by atoms with Gasteiger partial charge in [0.25, 0.3) is 5.71 Å². The number of ether oxygens (including phenoxy) is 3. The Kier molecular flexibility index (Phi) is 6.86. The molecule has 0 aliphatic heterocycles. The van der Waals surface area contributed by atoms with Crippen molar-refractivity contribution in [3.8, 4) is 22.8 Å². The summed E-state index contributed by atoms with van der Waals surface area (Å²) in [5.41, 5.74) is 2.17. The van der Waals surface area contributed by atoms with Crippen LogP contribution in [0.15, 0.2) is 47.0 Å². The number of nitrogens with zero attached hydrogens (tertiary/aromatic N) is 3. The summed E-state index contributed by atoms with van der Waals surface area (Å²) in [4.78, 5) is 20.8. The van der Waals surface area contributed by atoms with Crippen molar-refractivity contribution < 1.29 is 27.9 Å². The highest BCUT2D eigenvalue weighted by Gasteiger charge is 2.22. The van der Waals surface area contributed by atoms with Crippen molar-refractivity contribution in [1.82, 2.24) is 15.1 Å². The lowest BCUT2D eigenvalue weighted by Gasteiger charge is -2.11. The van der Waals surface area contributed by atoms with Crippen LogP contribution in [0.3, 0.4) is 0 Å². The molecule has 0 fully saturated rings. The van der Waals surface area contributed by atoms with Crippen molar-refractivity contribution in [2.75, 3.05) is 32.7 Å². The molecule has 2 heterocycles. The fourth-order valence-corrected chi connectivity index (χ4v) is 3.44. The molecule has 2 aromatic heterocycles. The van der Waals surface area contributed by atoms with E-state index in [1.807, 2.05) is 18.2 Å². The Morgan fingerprint density at radius 3 is 2.53 bits per heavy atom. The quantitative estimate of drug-likeness (QED) is 0.362. The number of hydrogen-bond donors (Lipinski definition) is 1. The van der Waals surface area contributed by atoms with Gasteiger partial charge in [-0.1, -0.05) is 11.2 Å². The van der Waals surface area contributed by atoms with Crippen LogP contribution in [0.4, 0.5) is 10.2 Å². The molecule has 0 spiro atoms. The number of nitrogens with one attached hydrogen (secondary N) is 1. The summed E-state index contributed by atoms with van der Waals surface area (Å²) in [5, 5.41) is 7.81. The summed E-state index contributed by atoms with van der Waals surface area (Å²) in [7, 11) is 3.16. The van der Waals surface area contributed by atoms with Crippen LogP contribution in [0.25, 0.3) is 22.4 Å². The molecule has 0 radical (unpaired) electrons. The molecule has 2 aromatic carbocycles. The Morgan fingerprint density at radius 1 is 1.06 bits per heavy atom. The minimum Gasteiger partial charge on any atom is -0.493 e. The van der Waals surface area contributed by atoms with E-state index in [1.54, 1.807) is 33.3 Å². The predicted molar refractivity (Wildman–Crippen MR) is 123 cm³/mol. The number of carbonyl (C=O) groups is 1. The van der Waals surface area contributed by atoms with Crippen LogP contribution >= 0.6 is 0 Å². The highest BCUT2D eigenvalue weighted by Crippen LogP contribution is 2.32. The second kappa shape index (κ2) is 10.2. The van der Waals surface area contributed by atoms with E-state index in [-0.39, 0.29) is 24.0 Å². The third kappa shape index (κ3) is 4.75. The summed E-state index contributed by atoms with van der Waals surface area (Å²) in [6.45, 7) is 2.34. The molecule has 0 saturated carbocycles. The molecular weight excluding hydrogens is 443 g/mol. The number of halogens is 1. The van der Waals surface area contributed by atoms with Crippen molar-refractivity contribution >= 4 is 22.9 Å². The van der Waals surface area contributed by atoms with Gasteiger partial charge in [0, 0.05) is 12.1 Å². The Balaban J connectivity index is 1.66. The predicted octanol–water partition coefficient (Wildman–Crippen LogP) is 4.27. The number of anilines is 1. The molecule has 0 unspecified atom stereocenters. The molecule has 0 aliphatic carbocycles. The molecule has 10 heteroatoms. The van der Waals surface area contributed by atoms with E-state index in [1.165, 1.54) is 12.1 Å². The van der Waals surface area contributed by atoms with Gasteiger partial charge in [0.15, 0.2) is 11.5 Å². The van der Waals surface area contributed by atoms with Crippen molar-refractivity contribution in [2.24, 2.45) is 0 Å².